The maximum absolute atomic E-state index is 12.8. The summed E-state index contributed by atoms with van der Waals surface area (Å²) in [4.78, 5) is 38.1. The van der Waals surface area contributed by atoms with Crippen LogP contribution in [0.3, 0.4) is 0 Å². The van der Waals surface area contributed by atoms with E-state index in [9.17, 15) is 14.4 Å². The minimum Gasteiger partial charge on any atom is -0.462 e. The van der Waals surface area contributed by atoms with E-state index in [0.29, 0.717) is 19.3 Å². The van der Waals surface area contributed by atoms with Gasteiger partial charge in [0.1, 0.15) is 13.2 Å². The third-order valence-corrected chi connectivity index (χ3v) is 14.2. The zero-order valence-electron chi connectivity index (χ0n) is 44.1. The molecule has 0 fully saturated rings. The average Bonchev–Trinajstić information content (AvgIpc) is 3.29. The monoisotopic (exact) mass is 905 g/mol. The van der Waals surface area contributed by atoms with Gasteiger partial charge in [0.25, 0.3) is 0 Å². The van der Waals surface area contributed by atoms with Crippen LogP contribution < -0.4 is 0 Å². The minimum atomic E-state index is -0.764. The molecule has 0 saturated heterocycles. The quantitative estimate of drug-likeness (QED) is 0.0344. The van der Waals surface area contributed by atoms with Gasteiger partial charge in [-0.1, -0.05) is 279 Å². The number of hydrogen-bond donors (Lipinski definition) is 0. The van der Waals surface area contributed by atoms with Crippen molar-refractivity contribution in [3.8, 4) is 0 Å². The summed E-state index contributed by atoms with van der Waals surface area (Å²) in [5, 5.41) is 0. The summed E-state index contributed by atoms with van der Waals surface area (Å²) < 4.78 is 16.9. The van der Waals surface area contributed by atoms with Crippen LogP contribution in [0.1, 0.15) is 318 Å². The first-order chi connectivity index (χ1) is 31.2. The Kier molecular flexibility index (Phi) is 48.1. The van der Waals surface area contributed by atoms with E-state index in [1.807, 2.05) is 0 Å². The molecular formula is C58H112O6. The van der Waals surface area contributed by atoms with Crippen molar-refractivity contribution in [2.24, 2.45) is 17.8 Å². The Morgan fingerprint density at radius 2 is 0.500 bits per heavy atom. The zero-order valence-corrected chi connectivity index (χ0v) is 44.1. The predicted octanol–water partition coefficient (Wildman–Crippen LogP) is 18.7. The highest BCUT2D eigenvalue weighted by molar-refractivity contribution is 5.71. The van der Waals surface area contributed by atoms with Crippen molar-refractivity contribution in [1.82, 2.24) is 0 Å². The van der Waals surface area contributed by atoms with Gasteiger partial charge in [0.15, 0.2) is 6.10 Å². The number of carbonyl (C=O) groups excluding carboxylic acids is 3. The Morgan fingerprint density at radius 1 is 0.297 bits per heavy atom. The van der Waals surface area contributed by atoms with E-state index >= 15 is 0 Å². The molecule has 3 unspecified atom stereocenters. The fraction of sp³-hybridized carbons (Fsp3) is 0.948. The lowest BCUT2D eigenvalue weighted by atomic mass is 9.99. The molecule has 0 spiro atoms. The maximum Gasteiger partial charge on any atom is 0.306 e. The molecule has 0 saturated carbocycles. The normalized spacial score (nSPS) is 13.4. The molecule has 380 valence electrons. The molecule has 0 radical (unpaired) electrons. The number of rotatable bonds is 51. The summed E-state index contributed by atoms with van der Waals surface area (Å²) in [6, 6.07) is 0. The van der Waals surface area contributed by atoms with E-state index in [1.54, 1.807) is 0 Å². The van der Waals surface area contributed by atoms with E-state index in [0.717, 1.165) is 75.5 Å². The van der Waals surface area contributed by atoms with Crippen LogP contribution in [-0.4, -0.2) is 37.2 Å². The summed E-state index contributed by atoms with van der Waals surface area (Å²) in [7, 11) is 0. The van der Waals surface area contributed by atoms with Crippen LogP contribution in [0.15, 0.2) is 0 Å². The second kappa shape index (κ2) is 49.3. The lowest BCUT2D eigenvalue weighted by Crippen LogP contribution is -2.30. The van der Waals surface area contributed by atoms with E-state index in [-0.39, 0.29) is 31.1 Å². The Labute approximate surface area is 399 Å². The van der Waals surface area contributed by atoms with Gasteiger partial charge in [-0.15, -0.1) is 0 Å². The predicted molar refractivity (Wildman–Crippen MR) is 275 cm³/mol. The van der Waals surface area contributed by atoms with E-state index < -0.39 is 6.10 Å². The van der Waals surface area contributed by atoms with Gasteiger partial charge in [-0.25, -0.2) is 0 Å². The van der Waals surface area contributed by atoms with E-state index in [1.165, 1.54) is 199 Å². The van der Waals surface area contributed by atoms with Gasteiger partial charge >= 0.3 is 17.9 Å². The molecule has 0 N–H and O–H groups in total. The second-order valence-corrected chi connectivity index (χ2v) is 20.7. The number of hydrogen-bond acceptors (Lipinski definition) is 6. The molecule has 6 nitrogen and oxygen atoms in total. The number of carbonyl (C=O) groups is 3. The number of ether oxygens (including phenoxy) is 3. The van der Waals surface area contributed by atoms with Crippen molar-refractivity contribution < 1.29 is 28.6 Å². The first kappa shape index (κ1) is 62.4. The summed E-state index contributed by atoms with van der Waals surface area (Å²) in [6.07, 6.45) is 50.8. The molecular weight excluding hydrogens is 793 g/mol. The molecule has 0 aliphatic heterocycles. The maximum atomic E-state index is 12.8. The molecule has 0 rings (SSSR count). The summed E-state index contributed by atoms with van der Waals surface area (Å²) >= 11 is 0. The van der Waals surface area contributed by atoms with E-state index in [2.05, 4.69) is 41.5 Å². The van der Waals surface area contributed by atoms with Crippen LogP contribution in [0.2, 0.25) is 0 Å². The molecule has 0 heterocycles. The van der Waals surface area contributed by atoms with Gasteiger partial charge in [0.05, 0.1) is 0 Å². The van der Waals surface area contributed by atoms with Crippen molar-refractivity contribution in [2.75, 3.05) is 13.2 Å². The fourth-order valence-electron chi connectivity index (χ4n) is 8.73. The van der Waals surface area contributed by atoms with Crippen LogP contribution in [0.25, 0.3) is 0 Å². The second-order valence-electron chi connectivity index (χ2n) is 20.7. The fourth-order valence-corrected chi connectivity index (χ4v) is 8.73. The highest BCUT2D eigenvalue weighted by Gasteiger charge is 2.19. The minimum absolute atomic E-state index is 0.0644. The molecule has 0 amide bonds. The molecule has 0 aliphatic rings. The largest absolute Gasteiger partial charge is 0.462 e. The molecule has 0 bridgehead atoms. The Morgan fingerprint density at radius 3 is 0.734 bits per heavy atom. The van der Waals surface area contributed by atoms with Crippen molar-refractivity contribution in [3.05, 3.63) is 0 Å². The van der Waals surface area contributed by atoms with Crippen LogP contribution in [0.4, 0.5) is 0 Å². The van der Waals surface area contributed by atoms with Gasteiger partial charge in [-0.3, -0.25) is 14.4 Å². The molecule has 64 heavy (non-hydrogen) atoms. The highest BCUT2D eigenvalue weighted by atomic mass is 16.6. The molecule has 4 atom stereocenters. The SMILES string of the molecule is CCC(C)CCCCCCCCCCCCCCCCC(=O)OC[C@@H](COC(=O)CCCCCCCCC(C)CC)OC(=O)CCCCCCCCCCCCCCCCC(C)CC. The topological polar surface area (TPSA) is 78.9 Å². The van der Waals surface area contributed by atoms with Gasteiger partial charge < -0.3 is 14.2 Å². The van der Waals surface area contributed by atoms with E-state index in [4.69, 9.17) is 14.2 Å². The lowest BCUT2D eigenvalue weighted by molar-refractivity contribution is -0.167. The third kappa shape index (κ3) is 46.9. The van der Waals surface area contributed by atoms with Crippen LogP contribution >= 0.6 is 0 Å². The van der Waals surface area contributed by atoms with Crippen LogP contribution in [0.5, 0.6) is 0 Å². The van der Waals surface area contributed by atoms with Gasteiger partial charge in [0.2, 0.25) is 0 Å². The van der Waals surface area contributed by atoms with Crippen molar-refractivity contribution in [3.63, 3.8) is 0 Å². The average molecular weight is 906 g/mol. The van der Waals surface area contributed by atoms with Crippen LogP contribution in [0, 0.1) is 17.8 Å². The Bertz CT molecular complexity index is 997. The summed E-state index contributed by atoms with van der Waals surface area (Å²) in [5.41, 5.74) is 0. The molecule has 0 aromatic heterocycles. The van der Waals surface area contributed by atoms with Gasteiger partial charge in [-0.05, 0) is 37.0 Å². The van der Waals surface area contributed by atoms with Crippen molar-refractivity contribution in [1.29, 1.82) is 0 Å². The first-order valence-electron chi connectivity index (χ1n) is 28.7. The summed E-state index contributed by atoms with van der Waals surface area (Å²) in [5.74, 6) is 1.76. The smallest absolute Gasteiger partial charge is 0.306 e. The number of unbranched alkanes of at least 4 members (excludes halogenated alkanes) is 31. The third-order valence-electron chi connectivity index (χ3n) is 14.2. The van der Waals surface area contributed by atoms with Gasteiger partial charge in [0, 0.05) is 19.3 Å². The first-order valence-corrected chi connectivity index (χ1v) is 28.7. The summed E-state index contributed by atoms with van der Waals surface area (Å²) in [6.45, 7) is 13.8. The van der Waals surface area contributed by atoms with Crippen molar-refractivity contribution in [2.45, 2.75) is 324 Å². The molecule has 0 aromatic carbocycles. The molecule has 0 aliphatic carbocycles. The Hall–Kier alpha value is -1.59. The van der Waals surface area contributed by atoms with Gasteiger partial charge in [-0.2, -0.15) is 0 Å². The number of esters is 3. The standard InChI is InChI=1S/C58H112O6/c1-7-52(4)44-38-32-26-22-18-14-10-12-16-20-24-28-35-41-47-56(59)62-50-55(51-63-57(60)48-42-36-31-30-34-40-46-54(6)9-3)64-58(61)49-43-37-29-25-21-17-13-11-15-19-23-27-33-39-45-53(5)8-2/h52-55H,7-51H2,1-6H3/t52?,53?,54?,55-/m0/s1. The Balaban J connectivity index is 4.26. The molecule has 6 heteroatoms. The van der Waals surface area contributed by atoms with Crippen LogP contribution in [-0.2, 0) is 28.6 Å². The zero-order chi connectivity index (χ0) is 47.0. The molecule has 0 aromatic rings. The van der Waals surface area contributed by atoms with Crippen molar-refractivity contribution >= 4 is 17.9 Å². The lowest BCUT2D eigenvalue weighted by Gasteiger charge is -2.18. The highest BCUT2D eigenvalue weighted by Crippen LogP contribution is 2.19.